The normalized spacial score (nSPS) is 15.8. The zero-order valence-electron chi connectivity index (χ0n) is 25.7. The molecule has 0 saturated carbocycles. The fourth-order valence-corrected chi connectivity index (χ4v) is 6.72. The summed E-state index contributed by atoms with van der Waals surface area (Å²) in [7, 11) is -4.13. The first-order chi connectivity index (χ1) is 21.5. The van der Waals surface area contributed by atoms with Crippen LogP contribution in [0.1, 0.15) is 67.1 Å². The smallest absolute Gasteiger partial charge is 0.419 e. The van der Waals surface area contributed by atoms with Gasteiger partial charge in [0.25, 0.3) is 5.91 Å². The van der Waals surface area contributed by atoms with E-state index in [1.165, 1.54) is 36.0 Å². The highest BCUT2D eigenvalue weighted by Gasteiger charge is 2.31. The predicted molar refractivity (Wildman–Crippen MR) is 174 cm³/mol. The van der Waals surface area contributed by atoms with E-state index in [2.05, 4.69) is 16.3 Å². The number of piperidine rings is 1. The van der Waals surface area contributed by atoms with E-state index in [0.29, 0.717) is 27.9 Å². The molecule has 1 fully saturated rings. The number of nitrogens with zero attached hydrogens (tertiary/aromatic N) is 2. The van der Waals surface area contributed by atoms with E-state index in [4.69, 9.17) is 8.92 Å². The molecule has 0 bridgehead atoms. The minimum Gasteiger partial charge on any atom is -0.443 e. The highest BCUT2D eigenvalue weighted by atomic mass is 32.2. The number of nitrogens with one attached hydrogen (secondary N) is 1. The first-order valence-electron chi connectivity index (χ1n) is 15.2. The standard InChI is InChI=1S/C35H37N3O6S/c1-35(2,3)43-34(40)38-29-14-12-25(23-37-17-8-5-9-18-37)20-26(29)21-30(38)27-13-15-31(28-22-36-33(39)32(27)28)44-45(41,42)19-16-24-10-6-4-7-11-24/h4,6-7,10-16,19-21H,5,8-9,17-18,22-23H2,1-3H3,(H,36,39). The summed E-state index contributed by atoms with van der Waals surface area (Å²) in [6.45, 7) is 8.44. The van der Waals surface area contributed by atoms with Gasteiger partial charge in [-0.1, -0.05) is 42.8 Å². The van der Waals surface area contributed by atoms with Gasteiger partial charge in [0.2, 0.25) is 0 Å². The molecule has 1 saturated heterocycles. The Morgan fingerprint density at radius 3 is 2.47 bits per heavy atom. The molecule has 1 N–H and O–H groups in total. The van der Waals surface area contributed by atoms with Gasteiger partial charge in [-0.05, 0) is 94.2 Å². The topological polar surface area (TPSA) is 107 Å². The van der Waals surface area contributed by atoms with Gasteiger partial charge in [-0.3, -0.25) is 9.69 Å². The fourth-order valence-electron chi connectivity index (χ4n) is 5.93. The number of hydrogen-bond acceptors (Lipinski definition) is 7. The van der Waals surface area contributed by atoms with Crippen molar-refractivity contribution >= 4 is 39.1 Å². The minimum atomic E-state index is -4.13. The molecule has 4 aromatic rings. The van der Waals surface area contributed by atoms with Crippen LogP contribution < -0.4 is 9.50 Å². The van der Waals surface area contributed by atoms with Gasteiger partial charge in [0.05, 0.1) is 22.2 Å². The molecular formula is C35H37N3O6S. The van der Waals surface area contributed by atoms with Gasteiger partial charge >= 0.3 is 16.2 Å². The quantitative estimate of drug-likeness (QED) is 0.227. The predicted octanol–water partition coefficient (Wildman–Crippen LogP) is 6.70. The maximum absolute atomic E-state index is 13.7. The molecule has 0 atom stereocenters. The molecule has 6 rings (SSSR count). The second-order valence-corrected chi connectivity index (χ2v) is 13.9. The first kappa shape index (κ1) is 30.6. The van der Waals surface area contributed by atoms with Crippen LogP contribution in [0.15, 0.2) is 72.1 Å². The molecule has 0 aliphatic carbocycles. The van der Waals surface area contributed by atoms with Gasteiger partial charge in [0.15, 0.2) is 0 Å². The van der Waals surface area contributed by atoms with Crippen LogP contribution in [0.5, 0.6) is 5.75 Å². The molecule has 234 valence electrons. The number of carbonyl (C=O) groups is 2. The number of hydrogen-bond donors (Lipinski definition) is 1. The molecule has 0 spiro atoms. The van der Waals surface area contributed by atoms with E-state index in [1.54, 1.807) is 39.0 Å². The maximum Gasteiger partial charge on any atom is 0.419 e. The molecule has 2 aliphatic rings. The molecule has 3 heterocycles. The fraction of sp³-hybridized carbons (Fsp3) is 0.314. The Kier molecular flexibility index (Phi) is 8.28. The largest absolute Gasteiger partial charge is 0.443 e. The highest BCUT2D eigenvalue weighted by molar-refractivity contribution is 7.90. The van der Waals surface area contributed by atoms with Crippen molar-refractivity contribution < 1.29 is 26.9 Å². The molecule has 3 aromatic carbocycles. The Bertz CT molecular complexity index is 1900. The summed E-state index contributed by atoms with van der Waals surface area (Å²) in [6, 6.07) is 20.1. The molecule has 1 aromatic heterocycles. The van der Waals surface area contributed by atoms with Crippen LogP contribution in [-0.2, 0) is 27.9 Å². The summed E-state index contributed by atoms with van der Waals surface area (Å²) in [4.78, 5) is 29.3. The number of fused-ring (bicyclic) bond motifs is 2. The lowest BCUT2D eigenvalue weighted by atomic mass is 9.99. The van der Waals surface area contributed by atoms with Gasteiger partial charge in [-0.15, -0.1) is 0 Å². The van der Waals surface area contributed by atoms with Crippen LogP contribution >= 0.6 is 0 Å². The number of aromatic nitrogens is 1. The van der Waals surface area contributed by atoms with Crippen LogP contribution in [0.4, 0.5) is 4.79 Å². The van der Waals surface area contributed by atoms with Crippen molar-refractivity contribution in [1.82, 2.24) is 14.8 Å². The second kappa shape index (κ2) is 12.2. The van der Waals surface area contributed by atoms with Gasteiger partial charge in [-0.25, -0.2) is 9.36 Å². The van der Waals surface area contributed by atoms with Crippen LogP contribution in [-0.4, -0.2) is 48.6 Å². The van der Waals surface area contributed by atoms with Gasteiger partial charge < -0.3 is 14.2 Å². The summed E-state index contributed by atoms with van der Waals surface area (Å²) in [5.41, 5.74) is 3.36. The number of amides is 1. The van der Waals surface area contributed by atoms with Gasteiger partial charge in [0, 0.05) is 29.6 Å². The van der Waals surface area contributed by atoms with E-state index < -0.39 is 21.8 Å². The third-order valence-corrected chi connectivity index (χ3v) is 8.81. The zero-order valence-corrected chi connectivity index (χ0v) is 26.5. The third-order valence-electron chi connectivity index (χ3n) is 7.93. The Morgan fingerprint density at radius 1 is 0.978 bits per heavy atom. The van der Waals surface area contributed by atoms with E-state index in [9.17, 15) is 18.0 Å². The van der Waals surface area contributed by atoms with Crippen molar-refractivity contribution in [2.45, 2.75) is 58.7 Å². The van der Waals surface area contributed by atoms with Gasteiger partial charge in [-0.2, -0.15) is 8.42 Å². The average molecular weight is 628 g/mol. The van der Waals surface area contributed by atoms with Crippen molar-refractivity contribution in [2.24, 2.45) is 0 Å². The van der Waals surface area contributed by atoms with Crippen LogP contribution in [0.2, 0.25) is 0 Å². The second-order valence-electron chi connectivity index (χ2n) is 12.5. The molecular weight excluding hydrogens is 590 g/mol. The summed E-state index contributed by atoms with van der Waals surface area (Å²) in [5.74, 6) is -0.331. The Balaban J connectivity index is 1.41. The summed E-state index contributed by atoms with van der Waals surface area (Å²) < 4.78 is 38.6. The molecule has 10 heteroatoms. The van der Waals surface area contributed by atoms with Crippen molar-refractivity contribution in [3.63, 3.8) is 0 Å². The van der Waals surface area contributed by atoms with E-state index >= 15 is 0 Å². The molecule has 0 unspecified atom stereocenters. The lowest BCUT2D eigenvalue weighted by Crippen LogP contribution is -2.29. The van der Waals surface area contributed by atoms with Crippen molar-refractivity contribution in [3.8, 4) is 17.0 Å². The lowest BCUT2D eigenvalue weighted by Gasteiger charge is -2.26. The number of rotatable bonds is 7. The van der Waals surface area contributed by atoms with Crippen LogP contribution in [0.25, 0.3) is 28.2 Å². The average Bonchev–Trinajstić information content (AvgIpc) is 3.57. The minimum absolute atomic E-state index is 0.0496. The molecule has 2 aliphatic heterocycles. The summed E-state index contributed by atoms with van der Waals surface area (Å²) in [5, 5.41) is 4.63. The summed E-state index contributed by atoms with van der Waals surface area (Å²) in [6.07, 6.45) is 4.53. The Hall–Kier alpha value is -4.41. The third kappa shape index (κ3) is 6.82. The molecule has 1 amide bonds. The van der Waals surface area contributed by atoms with Crippen LogP contribution in [0, 0.1) is 0 Å². The SMILES string of the molecule is CC(C)(C)OC(=O)n1c(-c2ccc(OS(=O)(=O)C=Cc3ccccc3)c3c2C(=O)NC3)cc2cc(CN3CCCCC3)ccc21. The molecule has 9 nitrogen and oxygen atoms in total. The zero-order chi connectivity index (χ0) is 31.8. The van der Waals surface area contributed by atoms with Crippen molar-refractivity contribution in [3.05, 3.63) is 94.4 Å². The number of carbonyl (C=O) groups excluding carboxylic acids is 2. The van der Waals surface area contributed by atoms with E-state index in [0.717, 1.165) is 36.0 Å². The van der Waals surface area contributed by atoms with Crippen molar-refractivity contribution in [2.75, 3.05) is 13.1 Å². The Morgan fingerprint density at radius 2 is 1.73 bits per heavy atom. The number of benzene rings is 3. The Labute approximate surface area is 263 Å². The summed E-state index contributed by atoms with van der Waals surface area (Å²) >= 11 is 0. The van der Waals surface area contributed by atoms with E-state index in [1.807, 2.05) is 36.4 Å². The van der Waals surface area contributed by atoms with Crippen LogP contribution in [0.3, 0.4) is 0 Å². The van der Waals surface area contributed by atoms with Gasteiger partial charge in [0.1, 0.15) is 11.4 Å². The van der Waals surface area contributed by atoms with Crippen molar-refractivity contribution in [1.29, 1.82) is 0 Å². The number of likely N-dealkylation sites (tertiary alicyclic amines) is 1. The monoisotopic (exact) mass is 627 g/mol. The molecule has 0 radical (unpaired) electrons. The highest BCUT2D eigenvalue weighted by Crippen LogP contribution is 2.39. The van der Waals surface area contributed by atoms with E-state index in [-0.39, 0.29) is 23.8 Å². The number of ether oxygens (including phenoxy) is 1. The first-order valence-corrected chi connectivity index (χ1v) is 16.7. The molecule has 45 heavy (non-hydrogen) atoms. The maximum atomic E-state index is 13.7. The lowest BCUT2D eigenvalue weighted by molar-refractivity contribution is 0.0546.